The van der Waals surface area contributed by atoms with Gasteiger partial charge < -0.3 is 0 Å². The quantitative estimate of drug-likeness (QED) is 0.536. The van der Waals surface area contributed by atoms with Crippen LogP contribution in [0.25, 0.3) is 0 Å². The van der Waals surface area contributed by atoms with E-state index in [9.17, 15) is 0 Å². The molecule has 11 heavy (non-hydrogen) atoms. The fourth-order valence-electron chi connectivity index (χ4n) is 0.232. The second-order valence-corrected chi connectivity index (χ2v) is 1.91. The normalized spacial score (nSPS) is 7.73. The van der Waals surface area contributed by atoms with Crippen LogP contribution in [0.4, 0.5) is 0 Å². The van der Waals surface area contributed by atoms with Crippen LogP contribution in [-0.4, -0.2) is 0 Å². The molecule has 0 amide bonds. The highest BCUT2D eigenvalue weighted by molar-refractivity contribution is 5.15. The zero-order valence-electron chi connectivity index (χ0n) is 7.22. The Morgan fingerprint density at radius 3 is 1.55 bits per heavy atom. The zero-order chi connectivity index (χ0) is 9.11. The van der Waals surface area contributed by atoms with E-state index in [2.05, 4.69) is 26.3 Å². The summed E-state index contributed by atoms with van der Waals surface area (Å²) in [7, 11) is 0. The predicted molar refractivity (Wildman–Crippen MR) is 54.5 cm³/mol. The minimum absolute atomic E-state index is 1.06. The Kier molecular flexibility index (Phi) is 12.9. The summed E-state index contributed by atoms with van der Waals surface area (Å²) in [4.78, 5) is 0. The van der Waals surface area contributed by atoms with Crippen molar-refractivity contribution in [3.63, 3.8) is 0 Å². The molecule has 60 valence electrons. The van der Waals surface area contributed by atoms with Gasteiger partial charge in [-0.15, -0.1) is 0 Å². The average Bonchev–Trinajstić information content (AvgIpc) is 2.01. The molecule has 0 atom stereocenters. The van der Waals surface area contributed by atoms with Crippen molar-refractivity contribution in [3.05, 3.63) is 62.3 Å². The van der Waals surface area contributed by atoms with Gasteiger partial charge in [0.2, 0.25) is 0 Å². The number of rotatable bonds is 3. The first-order valence-electron chi connectivity index (χ1n) is 3.37. The molecule has 0 bridgehead atoms. The maximum Gasteiger partial charge on any atom is -0.0404 e. The molecule has 0 aliphatic carbocycles. The number of hydrogen-bond acceptors (Lipinski definition) is 0. The van der Waals surface area contributed by atoms with Gasteiger partial charge in [0.15, 0.2) is 0 Å². The summed E-state index contributed by atoms with van der Waals surface area (Å²) >= 11 is 0. The standard InChI is InChI=1S/C7H10.C4H6/c1-4-5-6-7(2)3;1-3-4-2/h4-6H,1-2H2,3H3;3-4H,1-2H2. The molecular weight excluding hydrogens is 132 g/mol. The Bertz CT molecular complexity index is 153. The van der Waals surface area contributed by atoms with Gasteiger partial charge in [-0.3, -0.25) is 0 Å². The topological polar surface area (TPSA) is 0 Å². The van der Waals surface area contributed by atoms with Crippen LogP contribution in [-0.2, 0) is 0 Å². The van der Waals surface area contributed by atoms with E-state index in [-0.39, 0.29) is 0 Å². The maximum absolute atomic E-state index is 3.66. The molecule has 0 saturated heterocycles. The molecule has 0 aromatic heterocycles. The van der Waals surface area contributed by atoms with Crippen LogP contribution in [0.2, 0.25) is 0 Å². The molecule has 0 aromatic rings. The second kappa shape index (κ2) is 11.5. The Balaban J connectivity index is 0. The van der Waals surface area contributed by atoms with Gasteiger partial charge in [-0.1, -0.05) is 62.3 Å². The summed E-state index contributed by atoms with van der Waals surface area (Å²) in [5, 5.41) is 0. The number of allylic oxidation sites excluding steroid dienone is 6. The van der Waals surface area contributed by atoms with Gasteiger partial charge in [-0.25, -0.2) is 0 Å². The third kappa shape index (κ3) is 28.5. The van der Waals surface area contributed by atoms with Crippen molar-refractivity contribution in [1.82, 2.24) is 0 Å². The maximum atomic E-state index is 3.66. The van der Waals surface area contributed by atoms with Gasteiger partial charge >= 0.3 is 0 Å². The Labute approximate surface area is 69.9 Å². The summed E-state index contributed by atoms with van der Waals surface area (Å²) in [6.45, 7) is 15.8. The summed E-state index contributed by atoms with van der Waals surface area (Å²) in [5.74, 6) is 0. The molecule has 0 heterocycles. The lowest BCUT2D eigenvalue weighted by Gasteiger charge is -1.77. The fourth-order valence-corrected chi connectivity index (χ4v) is 0.232. The van der Waals surface area contributed by atoms with Gasteiger partial charge in [0.25, 0.3) is 0 Å². The van der Waals surface area contributed by atoms with Crippen LogP contribution in [0.3, 0.4) is 0 Å². The molecule has 0 fully saturated rings. The van der Waals surface area contributed by atoms with E-state index in [0.717, 1.165) is 5.57 Å². The minimum Gasteiger partial charge on any atom is -0.0991 e. The van der Waals surface area contributed by atoms with Crippen molar-refractivity contribution >= 4 is 0 Å². The molecule has 0 aromatic carbocycles. The van der Waals surface area contributed by atoms with Gasteiger partial charge in [0.05, 0.1) is 0 Å². The lowest BCUT2D eigenvalue weighted by atomic mass is 10.3. The Hall–Kier alpha value is -1.30. The Morgan fingerprint density at radius 2 is 1.45 bits per heavy atom. The number of hydrogen-bond donors (Lipinski definition) is 0. The molecule has 0 radical (unpaired) electrons. The summed E-state index contributed by atoms with van der Waals surface area (Å²) in [5.41, 5.74) is 1.06. The molecule has 0 aliphatic heterocycles. The van der Waals surface area contributed by atoms with Gasteiger partial charge in [0, 0.05) is 0 Å². The van der Waals surface area contributed by atoms with Gasteiger partial charge in [-0.2, -0.15) is 0 Å². The van der Waals surface area contributed by atoms with E-state index in [1.54, 1.807) is 18.2 Å². The van der Waals surface area contributed by atoms with Crippen LogP contribution in [0.5, 0.6) is 0 Å². The monoisotopic (exact) mass is 148 g/mol. The van der Waals surface area contributed by atoms with Crippen molar-refractivity contribution in [3.8, 4) is 0 Å². The highest BCUT2D eigenvalue weighted by Gasteiger charge is 1.65. The molecular formula is C11H16. The van der Waals surface area contributed by atoms with Crippen molar-refractivity contribution < 1.29 is 0 Å². The smallest absolute Gasteiger partial charge is 0.0404 e. The molecule has 0 nitrogen and oxygen atoms in total. The van der Waals surface area contributed by atoms with Crippen LogP contribution in [0.15, 0.2) is 62.3 Å². The third-order valence-electron chi connectivity index (χ3n) is 0.683. The molecule has 0 N–H and O–H groups in total. The third-order valence-corrected chi connectivity index (χ3v) is 0.683. The lowest BCUT2D eigenvalue weighted by molar-refractivity contribution is 1.56. The summed E-state index contributed by atoms with van der Waals surface area (Å²) < 4.78 is 0. The van der Waals surface area contributed by atoms with Crippen molar-refractivity contribution in [2.75, 3.05) is 0 Å². The summed E-state index contributed by atoms with van der Waals surface area (Å²) in [6.07, 6.45) is 8.78. The van der Waals surface area contributed by atoms with E-state index in [4.69, 9.17) is 0 Å². The first-order chi connectivity index (χ1) is 5.18. The van der Waals surface area contributed by atoms with Crippen molar-refractivity contribution in [2.24, 2.45) is 0 Å². The van der Waals surface area contributed by atoms with Crippen LogP contribution >= 0.6 is 0 Å². The Morgan fingerprint density at radius 1 is 1.00 bits per heavy atom. The molecule has 0 saturated carbocycles. The highest BCUT2D eigenvalue weighted by atomic mass is 13.7. The van der Waals surface area contributed by atoms with E-state index in [0.29, 0.717) is 0 Å². The lowest BCUT2D eigenvalue weighted by Crippen LogP contribution is -1.55. The minimum atomic E-state index is 1.06. The van der Waals surface area contributed by atoms with Crippen molar-refractivity contribution in [2.45, 2.75) is 6.92 Å². The predicted octanol–water partition coefficient (Wildman–Crippen LogP) is 3.66. The molecule has 0 aliphatic rings. The molecule has 0 unspecified atom stereocenters. The van der Waals surface area contributed by atoms with E-state index >= 15 is 0 Å². The first kappa shape index (κ1) is 12.4. The van der Waals surface area contributed by atoms with Crippen LogP contribution < -0.4 is 0 Å². The van der Waals surface area contributed by atoms with Gasteiger partial charge in [-0.05, 0) is 6.92 Å². The first-order valence-corrected chi connectivity index (χ1v) is 3.37. The highest BCUT2D eigenvalue weighted by Crippen LogP contribution is 1.86. The summed E-state index contributed by atoms with van der Waals surface area (Å²) in [6, 6.07) is 0. The van der Waals surface area contributed by atoms with E-state index in [1.807, 2.05) is 19.1 Å². The van der Waals surface area contributed by atoms with Gasteiger partial charge in [0.1, 0.15) is 0 Å². The average molecular weight is 148 g/mol. The van der Waals surface area contributed by atoms with Crippen molar-refractivity contribution in [1.29, 1.82) is 0 Å². The SMILES string of the molecule is C=CC=C.C=CC=CC(=C)C. The van der Waals surface area contributed by atoms with E-state index < -0.39 is 0 Å². The largest absolute Gasteiger partial charge is 0.0991 e. The van der Waals surface area contributed by atoms with Crippen LogP contribution in [0.1, 0.15) is 6.92 Å². The second-order valence-electron chi connectivity index (χ2n) is 1.91. The van der Waals surface area contributed by atoms with E-state index in [1.165, 1.54) is 0 Å². The molecule has 0 spiro atoms. The zero-order valence-corrected chi connectivity index (χ0v) is 7.22. The van der Waals surface area contributed by atoms with Crippen LogP contribution in [0, 0.1) is 0 Å². The molecule has 0 rings (SSSR count). The molecule has 0 heteroatoms. The fraction of sp³-hybridized carbons (Fsp3) is 0.0909.